The van der Waals surface area contributed by atoms with E-state index in [0.29, 0.717) is 24.2 Å². The summed E-state index contributed by atoms with van der Waals surface area (Å²) in [7, 11) is -3.37. The van der Waals surface area contributed by atoms with E-state index < -0.39 is 10.0 Å². The summed E-state index contributed by atoms with van der Waals surface area (Å²) < 4.78 is 26.2. The maximum absolute atomic E-state index is 12.5. The SMILES string of the molecule is CCCS(=O)(=O)Nc1cccc(C(=O)NC2(CN)CCCC2)c1. The van der Waals surface area contributed by atoms with Crippen molar-refractivity contribution in [1.82, 2.24) is 5.32 Å². The van der Waals surface area contributed by atoms with Gasteiger partial charge in [0.2, 0.25) is 10.0 Å². The van der Waals surface area contributed by atoms with E-state index in [9.17, 15) is 13.2 Å². The quantitative estimate of drug-likeness (QED) is 0.705. The van der Waals surface area contributed by atoms with Crippen LogP contribution in [0.4, 0.5) is 5.69 Å². The molecule has 128 valence electrons. The Bertz CT molecular complexity index is 652. The van der Waals surface area contributed by atoms with Crippen molar-refractivity contribution in [3.8, 4) is 0 Å². The van der Waals surface area contributed by atoms with Crippen molar-refractivity contribution in [3.63, 3.8) is 0 Å². The highest BCUT2D eigenvalue weighted by atomic mass is 32.2. The fourth-order valence-electron chi connectivity index (χ4n) is 2.97. The lowest BCUT2D eigenvalue weighted by molar-refractivity contribution is 0.0903. The van der Waals surface area contributed by atoms with Crippen LogP contribution in [0.5, 0.6) is 0 Å². The molecule has 0 spiro atoms. The first-order valence-electron chi connectivity index (χ1n) is 8.03. The molecule has 1 saturated carbocycles. The van der Waals surface area contributed by atoms with Crippen LogP contribution in [0.25, 0.3) is 0 Å². The van der Waals surface area contributed by atoms with Crippen LogP contribution in [0.1, 0.15) is 49.4 Å². The number of nitrogens with one attached hydrogen (secondary N) is 2. The minimum Gasteiger partial charge on any atom is -0.345 e. The van der Waals surface area contributed by atoms with E-state index in [1.54, 1.807) is 31.2 Å². The molecule has 0 unspecified atom stereocenters. The molecule has 0 radical (unpaired) electrons. The lowest BCUT2D eigenvalue weighted by Gasteiger charge is -2.28. The molecule has 0 atom stereocenters. The molecule has 2 rings (SSSR count). The van der Waals surface area contributed by atoms with Gasteiger partial charge in [0.05, 0.1) is 11.3 Å². The number of amides is 1. The third kappa shape index (κ3) is 4.68. The first-order chi connectivity index (χ1) is 10.9. The highest BCUT2D eigenvalue weighted by Crippen LogP contribution is 2.29. The lowest BCUT2D eigenvalue weighted by Crippen LogP contribution is -2.51. The number of hydrogen-bond donors (Lipinski definition) is 3. The molecule has 4 N–H and O–H groups in total. The van der Waals surface area contributed by atoms with Gasteiger partial charge in [0.1, 0.15) is 0 Å². The van der Waals surface area contributed by atoms with Crippen molar-refractivity contribution in [2.75, 3.05) is 17.0 Å². The maximum Gasteiger partial charge on any atom is 0.251 e. The van der Waals surface area contributed by atoms with Crippen molar-refractivity contribution in [1.29, 1.82) is 0 Å². The molecular formula is C16H25N3O3S. The maximum atomic E-state index is 12.5. The van der Waals surface area contributed by atoms with Gasteiger partial charge in [-0.3, -0.25) is 9.52 Å². The van der Waals surface area contributed by atoms with Gasteiger partial charge in [0.15, 0.2) is 0 Å². The summed E-state index contributed by atoms with van der Waals surface area (Å²) >= 11 is 0. The summed E-state index contributed by atoms with van der Waals surface area (Å²) in [5, 5.41) is 3.03. The third-order valence-electron chi connectivity index (χ3n) is 4.20. The Labute approximate surface area is 137 Å². The van der Waals surface area contributed by atoms with E-state index in [-0.39, 0.29) is 17.2 Å². The molecule has 1 aliphatic rings. The van der Waals surface area contributed by atoms with Crippen LogP contribution in [-0.2, 0) is 10.0 Å². The second kappa shape index (κ2) is 7.31. The predicted molar refractivity (Wildman–Crippen MR) is 91.9 cm³/mol. The van der Waals surface area contributed by atoms with Crippen molar-refractivity contribution >= 4 is 21.6 Å². The highest BCUT2D eigenvalue weighted by molar-refractivity contribution is 7.92. The molecule has 7 heteroatoms. The average molecular weight is 339 g/mol. The fraction of sp³-hybridized carbons (Fsp3) is 0.562. The monoisotopic (exact) mass is 339 g/mol. The van der Waals surface area contributed by atoms with Crippen molar-refractivity contribution < 1.29 is 13.2 Å². The van der Waals surface area contributed by atoms with Crippen molar-refractivity contribution in [2.45, 2.75) is 44.6 Å². The Morgan fingerprint density at radius 3 is 2.61 bits per heavy atom. The van der Waals surface area contributed by atoms with Gasteiger partial charge in [-0.25, -0.2) is 8.42 Å². The number of carbonyl (C=O) groups excluding carboxylic acids is 1. The molecule has 0 bridgehead atoms. The van der Waals surface area contributed by atoms with Crippen molar-refractivity contribution in [2.24, 2.45) is 5.73 Å². The Hall–Kier alpha value is -1.60. The first kappa shape index (κ1) is 17.7. The van der Waals surface area contributed by atoms with E-state index in [1.165, 1.54) is 0 Å². The summed E-state index contributed by atoms with van der Waals surface area (Å²) in [4.78, 5) is 12.5. The highest BCUT2D eigenvalue weighted by Gasteiger charge is 2.34. The van der Waals surface area contributed by atoms with E-state index in [4.69, 9.17) is 5.73 Å². The Morgan fingerprint density at radius 2 is 2.00 bits per heavy atom. The molecule has 1 aromatic rings. The largest absolute Gasteiger partial charge is 0.345 e. The topological polar surface area (TPSA) is 101 Å². The number of benzene rings is 1. The zero-order chi connectivity index (χ0) is 16.9. The van der Waals surface area contributed by atoms with Crippen LogP contribution >= 0.6 is 0 Å². The van der Waals surface area contributed by atoms with Crippen molar-refractivity contribution in [3.05, 3.63) is 29.8 Å². The number of rotatable bonds is 7. The average Bonchev–Trinajstić information content (AvgIpc) is 2.96. The van der Waals surface area contributed by atoms with E-state index in [1.807, 2.05) is 0 Å². The minimum absolute atomic E-state index is 0.0553. The van der Waals surface area contributed by atoms with Gasteiger partial charge >= 0.3 is 0 Å². The van der Waals surface area contributed by atoms with Gasteiger partial charge in [-0.1, -0.05) is 25.8 Å². The number of hydrogen-bond acceptors (Lipinski definition) is 4. The molecule has 1 amide bonds. The van der Waals surface area contributed by atoms with Crippen LogP contribution in [0.3, 0.4) is 0 Å². The van der Waals surface area contributed by atoms with Gasteiger partial charge < -0.3 is 11.1 Å². The van der Waals surface area contributed by atoms with Gasteiger partial charge in [-0.15, -0.1) is 0 Å². The molecule has 1 fully saturated rings. The minimum atomic E-state index is -3.37. The van der Waals surface area contributed by atoms with E-state index in [0.717, 1.165) is 25.7 Å². The lowest BCUT2D eigenvalue weighted by atomic mass is 9.97. The molecule has 0 saturated heterocycles. The van der Waals surface area contributed by atoms with Gasteiger partial charge in [-0.05, 0) is 37.5 Å². The number of nitrogens with two attached hydrogens (primary N) is 1. The first-order valence-corrected chi connectivity index (χ1v) is 9.68. The molecule has 6 nitrogen and oxygen atoms in total. The number of sulfonamides is 1. The smallest absolute Gasteiger partial charge is 0.251 e. The molecule has 23 heavy (non-hydrogen) atoms. The molecule has 0 heterocycles. The van der Waals surface area contributed by atoms with Gasteiger partial charge in [0.25, 0.3) is 5.91 Å². The molecule has 1 aromatic carbocycles. The molecular weight excluding hydrogens is 314 g/mol. The fourth-order valence-corrected chi connectivity index (χ4v) is 4.09. The molecule has 1 aliphatic carbocycles. The normalized spacial score (nSPS) is 17.0. The van der Waals surface area contributed by atoms with Gasteiger partial charge in [-0.2, -0.15) is 0 Å². The van der Waals surface area contributed by atoms with Crippen LogP contribution in [0.2, 0.25) is 0 Å². The summed E-state index contributed by atoms with van der Waals surface area (Å²) in [6.07, 6.45) is 4.44. The van der Waals surface area contributed by atoms with Crippen LogP contribution < -0.4 is 15.8 Å². The van der Waals surface area contributed by atoms with E-state index in [2.05, 4.69) is 10.0 Å². The summed E-state index contributed by atoms with van der Waals surface area (Å²) in [6, 6.07) is 6.54. The zero-order valence-electron chi connectivity index (χ0n) is 13.5. The zero-order valence-corrected chi connectivity index (χ0v) is 14.3. The van der Waals surface area contributed by atoms with Crippen LogP contribution in [0, 0.1) is 0 Å². The predicted octanol–water partition coefficient (Wildman–Crippen LogP) is 1.84. The second-order valence-electron chi connectivity index (χ2n) is 6.15. The van der Waals surface area contributed by atoms with Crippen LogP contribution in [0.15, 0.2) is 24.3 Å². The number of carbonyl (C=O) groups is 1. The Morgan fingerprint density at radius 1 is 1.30 bits per heavy atom. The summed E-state index contributed by atoms with van der Waals surface area (Å²) in [6.45, 7) is 2.22. The summed E-state index contributed by atoms with van der Waals surface area (Å²) in [5.74, 6) is -0.159. The molecule has 0 aliphatic heterocycles. The van der Waals surface area contributed by atoms with Gasteiger partial charge in [0, 0.05) is 17.8 Å². The Balaban J connectivity index is 2.11. The molecule has 0 aromatic heterocycles. The van der Waals surface area contributed by atoms with Crippen LogP contribution in [-0.4, -0.2) is 32.2 Å². The van der Waals surface area contributed by atoms with E-state index >= 15 is 0 Å². The third-order valence-corrected chi connectivity index (χ3v) is 5.69. The standard InChI is InChI=1S/C16H25N3O3S/c1-2-10-23(21,22)19-14-7-5-6-13(11-14)15(20)18-16(12-17)8-3-4-9-16/h5-7,11,19H,2-4,8-10,12,17H2,1H3,(H,18,20). The number of anilines is 1. The second-order valence-corrected chi connectivity index (χ2v) is 7.99. The Kier molecular flexibility index (Phi) is 5.64. The summed E-state index contributed by atoms with van der Waals surface area (Å²) in [5.41, 5.74) is 6.34.